The molecule has 1 aromatic carbocycles. The Bertz CT molecular complexity index is 691. The summed E-state index contributed by atoms with van der Waals surface area (Å²) in [7, 11) is 0. The number of furan rings is 1. The number of carbonyl (C=O) groups excluding carboxylic acids is 2. The van der Waals surface area contributed by atoms with Crippen molar-refractivity contribution in [3.8, 4) is 0 Å². The molecule has 2 heterocycles. The molecule has 1 aromatic heterocycles. The topological polar surface area (TPSA) is 50.5 Å². The molecule has 5 heteroatoms. The van der Waals surface area contributed by atoms with Gasteiger partial charge >= 0.3 is 0 Å². The molecule has 0 N–H and O–H groups in total. The summed E-state index contributed by atoms with van der Waals surface area (Å²) < 4.78 is 5.87. The fraction of sp³-hybridized carbons (Fsp3) is 0.200. The third-order valence-electron chi connectivity index (χ3n) is 3.43. The number of ketones is 1. The number of hydrogen-bond donors (Lipinski definition) is 0. The van der Waals surface area contributed by atoms with Gasteiger partial charge in [-0.05, 0) is 36.2 Å². The normalized spacial score (nSPS) is 13.4. The van der Waals surface area contributed by atoms with Crippen molar-refractivity contribution in [1.29, 1.82) is 0 Å². The van der Waals surface area contributed by atoms with Gasteiger partial charge in [-0.2, -0.15) is 0 Å². The van der Waals surface area contributed by atoms with Crippen molar-refractivity contribution in [2.45, 2.75) is 13.3 Å². The van der Waals surface area contributed by atoms with Crippen LogP contribution in [0.5, 0.6) is 0 Å². The molecule has 0 spiro atoms. The maximum Gasteiger partial charge on any atom is 0.229 e. The van der Waals surface area contributed by atoms with Gasteiger partial charge < -0.3 is 9.32 Å². The van der Waals surface area contributed by atoms with Crippen LogP contribution < -0.4 is 4.90 Å². The Balaban J connectivity index is 2.07. The number of carbonyl (C=O) groups is 2. The van der Waals surface area contributed by atoms with Crippen molar-refractivity contribution in [3.63, 3.8) is 0 Å². The zero-order valence-electron chi connectivity index (χ0n) is 10.9. The Morgan fingerprint density at radius 1 is 1.35 bits per heavy atom. The molecule has 20 heavy (non-hydrogen) atoms. The fourth-order valence-corrected chi connectivity index (χ4v) is 3.02. The Kier molecular flexibility index (Phi) is 3.22. The first-order valence-corrected chi connectivity index (χ1v) is 7.06. The van der Waals surface area contributed by atoms with E-state index in [4.69, 9.17) is 4.42 Å². The highest BCUT2D eigenvalue weighted by Gasteiger charge is 2.26. The number of fused-ring (bicyclic) bond motifs is 1. The number of halogens is 1. The van der Waals surface area contributed by atoms with E-state index in [1.54, 1.807) is 23.1 Å². The molecule has 0 radical (unpaired) electrons. The monoisotopic (exact) mass is 333 g/mol. The molecule has 0 saturated heterocycles. The lowest BCUT2D eigenvalue weighted by Crippen LogP contribution is -2.25. The summed E-state index contributed by atoms with van der Waals surface area (Å²) in [6, 6.07) is 6.98. The Labute approximate surface area is 124 Å². The summed E-state index contributed by atoms with van der Waals surface area (Å²) in [5.41, 5.74) is 2.39. The highest BCUT2D eigenvalue weighted by molar-refractivity contribution is 9.10. The number of amides is 1. The van der Waals surface area contributed by atoms with Gasteiger partial charge in [-0.1, -0.05) is 15.9 Å². The summed E-state index contributed by atoms with van der Waals surface area (Å²) >= 11 is 3.43. The number of anilines is 1. The van der Waals surface area contributed by atoms with E-state index in [0.29, 0.717) is 12.1 Å². The summed E-state index contributed by atoms with van der Waals surface area (Å²) in [6.45, 7) is 2.20. The Hall–Kier alpha value is -1.88. The zero-order chi connectivity index (χ0) is 14.3. The molecule has 1 aliphatic heterocycles. The summed E-state index contributed by atoms with van der Waals surface area (Å²) in [6.07, 6.45) is 2.28. The highest BCUT2D eigenvalue weighted by Crippen LogP contribution is 2.34. The minimum absolute atomic E-state index is 0.0116. The van der Waals surface area contributed by atoms with Crippen LogP contribution in [0.3, 0.4) is 0 Å². The maximum atomic E-state index is 12.4. The summed E-state index contributed by atoms with van der Waals surface area (Å²) in [5.74, 6) is 0.0839. The SMILES string of the molecule is CC(=O)N1CCc2cc(Br)c(C(=O)c3ccco3)cc21. The average Bonchev–Trinajstić information content (AvgIpc) is 3.05. The quantitative estimate of drug-likeness (QED) is 0.793. The van der Waals surface area contributed by atoms with E-state index in [1.165, 1.54) is 13.2 Å². The maximum absolute atomic E-state index is 12.4. The van der Waals surface area contributed by atoms with Crippen molar-refractivity contribution in [2.24, 2.45) is 0 Å². The Morgan fingerprint density at radius 3 is 2.80 bits per heavy atom. The van der Waals surface area contributed by atoms with Crippen molar-refractivity contribution < 1.29 is 14.0 Å². The first-order valence-electron chi connectivity index (χ1n) is 6.26. The van der Waals surface area contributed by atoms with Gasteiger partial charge in [-0.3, -0.25) is 9.59 Å². The highest BCUT2D eigenvalue weighted by atomic mass is 79.9. The zero-order valence-corrected chi connectivity index (χ0v) is 12.4. The minimum atomic E-state index is -0.194. The number of hydrogen-bond acceptors (Lipinski definition) is 3. The van der Waals surface area contributed by atoms with E-state index in [1.807, 2.05) is 6.07 Å². The van der Waals surface area contributed by atoms with Gasteiger partial charge in [0.2, 0.25) is 11.7 Å². The molecule has 0 unspecified atom stereocenters. The molecule has 3 rings (SSSR count). The van der Waals surface area contributed by atoms with Crippen LogP contribution >= 0.6 is 15.9 Å². The molecular weight excluding hydrogens is 322 g/mol. The van der Waals surface area contributed by atoms with E-state index in [-0.39, 0.29) is 17.5 Å². The number of benzene rings is 1. The third-order valence-corrected chi connectivity index (χ3v) is 4.09. The smallest absolute Gasteiger partial charge is 0.229 e. The lowest BCUT2D eigenvalue weighted by Gasteiger charge is -2.15. The standard InChI is InChI=1S/C15H12BrNO3/c1-9(18)17-5-4-10-7-12(16)11(8-13(10)17)15(19)14-3-2-6-20-14/h2-3,6-8H,4-5H2,1H3. The summed E-state index contributed by atoms with van der Waals surface area (Å²) in [4.78, 5) is 25.7. The van der Waals surface area contributed by atoms with E-state index in [9.17, 15) is 9.59 Å². The van der Waals surface area contributed by atoms with Crippen LogP contribution in [0.25, 0.3) is 0 Å². The molecule has 0 fully saturated rings. The molecule has 0 aliphatic carbocycles. The number of nitrogens with zero attached hydrogens (tertiary/aromatic N) is 1. The van der Waals surface area contributed by atoms with Gasteiger partial charge in [-0.25, -0.2) is 0 Å². The predicted octanol–water partition coefficient (Wildman–Crippen LogP) is 3.18. The molecular formula is C15H12BrNO3. The van der Waals surface area contributed by atoms with Crippen LogP contribution in [-0.2, 0) is 11.2 Å². The lowest BCUT2D eigenvalue weighted by atomic mass is 10.0. The average molecular weight is 334 g/mol. The second-order valence-electron chi connectivity index (χ2n) is 4.69. The second-order valence-corrected chi connectivity index (χ2v) is 5.54. The van der Waals surface area contributed by atoms with Crippen molar-refractivity contribution in [2.75, 3.05) is 11.4 Å². The molecule has 0 saturated carbocycles. The van der Waals surface area contributed by atoms with Crippen LogP contribution in [0.2, 0.25) is 0 Å². The number of rotatable bonds is 2. The molecule has 1 aliphatic rings. The summed E-state index contributed by atoms with van der Waals surface area (Å²) in [5, 5.41) is 0. The van der Waals surface area contributed by atoms with Gasteiger partial charge in [0.05, 0.1) is 6.26 Å². The molecule has 2 aromatic rings. The van der Waals surface area contributed by atoms with E-state index in [2.05, 4.69) is 15.9 Å². The van der Waals surface area contributed by atoms with E-state index >= 15 is 0 Å². The first-order chi connectivity index (χ1) is 9.58. The van der Waals surface area contributed by atoms with Crippen molar-refractivity contribution in [1.82, 2.24) is 0 Å². The fourth-order valence-electron chi connectivity index (χ4n) is 2.45. The van der Waals surface area contributed by atoms with E-state index in [0.717, 1.165) is 22.1 Å². The van der Waals surface area contributed by atoms with Gasteiger partial charge in [-0.15, -0.1) is 0 Å². The third kappa shape index (κ3) is 2.08. The van der Waals surface area contributed by atoms with Crippen LogP contribution in [0.1, 0.15) is 28.6 Å². The molecule has 1 amide bonds. The van der Waals surface area contributed by atoms with Crippen LogP contribution in [0, 0.1) is 0 Å². The van der Waals surface area contributed by atoms with Gasteiger partial charge in [0.1, 0.15) is 0 Å². The molecule has 102 valence electrons. The predicted molar refractivity (Wildman–Crippen MR) is 78.0 cm³/mol. The lowest BCUT2D eigenvalue weighted by molar-refractivity contribution is -0.116. The first kappa shape index (κ1) is 13.1. The molecule has 0 atom stereocenters. The minimum Gasteiger partial charge on any atom is -0.461 e. The van der Waals surface area contributed by atoms with E-state index < -0.39 is 0 Å². The van der Waals surface area contributed by atoms with Crippen LogP contribution in [0.15, 0.2) is 39.4 Å². The largest absolute Gasteiger partial charge is 0.461 e. The van der Waals surface area contributed by atoms with Gasteiger partial charge in [0.15, 0.2) is 5.76 Å². The molecule has 0 bridgehead atoms. The van der Waals surface area contributed by atoms with Crippen LogP contribution in [0.4, 0.5) is 5.69 Å². The van der Waals surface area contributed by atoms with Gasteiger partial charge in [0, 0.05) is 29.2 Å². The second kappa shape index (κ2) is 4.90. The Morgan fingerprint density at radius 2 is 2.15 bits per heavy atom. The van der Waals surface area contributed by atoms with Gasteiger partial charge in [0.25, 0.3) is 0 Å². The van der Waals surface area contributed by atoms with Crippen molar-refractivity contribution in [3.05, 3.63) is 51.9 Å². The van der Waals surface area contributed by atoms with Crippen LogP contribution in [-0.4, -0.2) is 18.2 Å². The van der Waals surface area contributed by atoms with Crippen molar-refractivity contribution >= 4 is 33.3 Å². The molecule has 4 nitrogen and oxygen atoms in total.